The van der Waals surface area contributed by atoms with Crippen molar-refractivity contribution in [1.29, 1.82) is 0 Å². The lowest BCUT2D eigenvalue weighted by atomic mass is 10.0. The molecule has 0 spiro atoms. The Kier molecular flexibility index (Phi) is 5.14. The van der Waals surface area contributed by atoms with E-state index < -0.39 is 0 Å². The van der Waals surface area contributed by atoms with Crippen molar-refractivity contribution in [2.45, 2.75) is 52.0 Å². The summed E-state index contributed by atoms with van der Waals surface area (Å²) in [5, 5.41) is 3.47. The standard InChI is InChI=1S/C15H26N4/c1-4-16-10-13-7-5-6-8-19(13)15-9-14(12(2)3)17-11-18-15/h9,11-13,16H,4-8,10H2,1-3H3. The third-order valence-electron chi connectivity index (χ3n) is 3.82. The quantitative estimate of drug-likeness (QED) is 0.885. The number of likely N-dealkylation sites (N-methyl/N-ethyl adjacent to an activating group) is 1. The average molecular weight is 262 g/mol. The Bertz CT molecular complexity index is 391. The first-order chi connectivity index (χ1) is 9.22. The van der Waals surface area contributed by atoms with Crippen molar-refractivity contribution in [2.75, 3.05) is 24.5 Å². The van der Waals surface area contributed by atoms with E-state index in [-0.39, 0.29) is 0 Å². The monoisotopic (exact) mass is 262 g/mol. The lowest BCUT2D eigenvalue weighted by Crippen LogP contribution is -2.46. The van der Waals surface area contributed by atoms with Crippen molar-refractivity contribution < 1.29 is 0 Å². The molecule has 2 heterocycles. The Morgan fingerprint density at radius 2 is 2.21 bits per heavy atom. The van der Waals surface area contributed by atoms with Crippen LogP contribution >= 0.6 is 0 Å². The number of hydrogen-bond donors (Lipinski definition) is 1. The second-order valence-electron chi connectivity index (χ2n) is 5.61. The Morgan fingerprint density at radius 3 is 2.95 bits per heavy atom. The molecule has 1 aromatic heterocycles. The molecule has 0 amide bonds. The van der Waals surface area contributed by atoms with Gasteiger partial charge in [0.15, 0.2) is 0 Å². The Morgan fingerprint density at radius 1 is 1.37 bits per heavy atom. The fourth-order valence-electron chi connectivity index (χ4n) is 2.66. The number of hydrogen-bond acceptors (Lipinski definition) is 4. The highest BCUT2D eigenvalue weighted by Gasteiger charge is 2.23. The van der Waals surface area contributed by atoms with Gasteiger partial charge in [0.25, 0.3) is 0 Å². The van der Waals surface area contributed by atoms with Crippen LogP contribution in [-0.2, 0) is 0 Å². The van der Waals surface area contributed by atoms with Crippen molar-refractivity contribution in [2.24, 2.45) is 0 Å². The Balaban J connectivity index is 2.14. The summed E-state index contributed by atoms with van der Waals surface area (Å²) in [5.74, 6) is 1.56. The minimum atomic E-state index is 0.457. The highest BCUT2D eigenvalue weighted by molar-refractivity contribution is 5.41. The zero-order valence-corrected chi connectivity index (χ0v) is 12.4. The van der Waals surface area contributed by atoms with Crippen molar-refractivity contribution in [3.63, 3.8) is 0 Å². The number of nitrogens with one attached hydrogen (secondary N) is 1. The van der Waals surface area contributed by atoms with Crippen LogP contribution in [0.5, 0.6) is 0 Å². The zero-order valence-electron chi connectivity index (χ0n) is 12.4. The van der Waals surface area contributed by atoms with Gasteiger partial charge in [-0.15, -0.1) is 0 Å². The van der Waals surface area contributed by atoms with E-state index in [0.717, 1.165) is 31.1 Å². The number of anilines is 1. The number of nitrogens with zero attached hydrogens (tertiary/aromatic N) is 3. The van der Waals surface area contributed by atoms with Crippen molar-refractivity contribution in [3.8, 4) is 0 Å². The molecule has 1 aliphatic heterocycles. The van der Waals surface area contributed by atoms with E-state index >= 15 is 0 Å². The van der Waals surface area contributed by atoms with Crippen molar-refractivity contribution in [3.05, 3.63) is 18.1 Å². The molecule has 0 aliphatic carbocycles. The lowest BCUT2D eigenvalue weighted by Gasteiger charge is -2.37. The van der Waals surface area contributed by atoms with E-state index in [2.05, 4.69) is 47.0 Å². The molecule has 0 bridgehead atoms. The SMILES string of the molecule is CCNCC1CCCCN1c1cc(C(C)C)ncn1. The minimum Gasteiger partial charge on any atom is -0.352 e. The molecule has 4 nitrogen and oxygen atoms in total. The molecule has 1 atom stereocenters. The zero-order chi connectivity index (χ0) is 13.7. The van der Waals surface area contributed by atoms with E-state index in [1.807, 2.05) is 0 Å². The first-order valence-corrected chi connectivity index (χ1v) is 7.51. The second-order valence-corrected chi connectivity index (χ2v) is 5.61. The average Bonchev–Trinajstić information content (AvgIpc) is 2.45. The van der Waals surface area contributed by atoms with Gasteiger partial charge in [0, 0.05) is 30.9 Å². The molecule has 1 N–H and O–H groups in total. The fourth-order valence-corrected chi connectivity index (χ4v) is 2.66. The van der Waals surface area contributed by atoms with Crippen LogP contribution in [0.2, 0.25) is 0 Å². The van der Waals surface area contributed by atoms with Crippen molar-refractivity contribution in [1.82, 2.24) is 15.3 Å². The maximum absolute atomic E-state index is 4.49. The van der Waals surface area contributed by atoms with Gasteiger partial charge in [-0.2, -0.15) is 0 Å². The Hall–Kier alpha value is -1.16. The topological polar surface area (TPSA) is 41.0 Å². The van der Waals surface area contributed by atoms with Gasteiger partial charge in [-0.3, -0.25) is 0 Å². The summed E-state index contributed by atoms with van der Waals surface area (Å²) in [5.41, 5.74) is 1.14. The molecule has 19 heavy (non-hydrogen) atoms. The second kappa shape index (κ2) is 6.85. The fraction of sp³-hybridized carbons (Fsp3) is 0.733. The summed E-state index contributed by atoms with van der Waals surface area (Å²) in [6.45, 7) is 9.72. The first kappa shape index (κ1) is 14.3. The van der Waals surface area contributed by atoms with Crippen LogP contribution in [0.25, 0.3) is 0 Å². The molecule has 0 aromatic carbocycles. The van der Waals surface area contributed by atoms with Crippen molar-refractivity contribution >= 4 is 5.82 Å². The van der Waals surface area contributed by atoms with Gasteiger partial charge in [0.2, 0.25) is 0 Å². The number of piperidine rings is 1. The van der Waals surface area contributed by atoms with Crippen LogP contribution in [0.15, 0.2) is 12.4 Å². The van der Waals surface area contributed by atoms with Gasteiger partial charge in [-0.1, -0.05) is 20.8 Å². The summed E-state index contributed by atoms with van der Waals surface area (Å²) >= 11 is 0. The summed E-state index contributed by atoms with van der Waals surface area (Å²) in [6.07, 6.45) is 5.57. The molecule has 1 fully saturated rings. The molecule has 0 radical (unpaired) electrons. The molecule has 1 saturated heterocycles. The van der Waals surface area contributed by atoms with Gasteiger partial charge in [-0.05, 0) is 31.7 Å². The predicted molar refractivity (Wildman–Crippen MR) is 79.6 cm³/mol. The largest absolute Gasteiger partial charge is 0.352 e. The maximum Gasteiger partial charge on any atom is 0.132 e. The molecule has 4 heteroatoms. The normalized spacial score (nSPS) is 20.0. The molecule has 1 aliphatic rings. The Labute approximate surface area is 116 Å². The maximum atomic E-state index is 4.49. The van der Waals surface area contributed by atoms with E-state index in [9.17, 15) is 0 Å². The van der Waals surface area contributed by atoms with Crippen LogP contribution in [-0.4, -0.2) is 35.6 Å². The van der Waals surface area contributed by atoms with Crippen LogP contribution in [0.3, 0.4) is 0 Å². The van der Waals surface area contributed by atoms with E-state index in [0.29, 0.717) is 12.0 Å². The molecular weight excluding hydrogens is 236 g/mol. The summed E-state index contributed by atoms with van der Waals surface area (Å²) < 4.78 is 0. The molecule has 1 unspecified atom stereocenters. The van der Waals surface area contributed by atoms with Crippen LogP contribution in [0.4, 0.5) is 5.82 Å². The first-order valence-electron chi connectivity index (χ1n) is 7.51. The van der Waals surface area contributed by atoms with Crippen LogP contribution in [0.1, 0.15) is 51.6 Å². The van der Waals surface area contributed by atoms with Gasteiger partial charge < -0.3 is 10.2 Å². The molecule has 106 valence electrons. The summed E-state index contributed by atoms with van der Waals surface area (Å²) in [7, 11) is 0. The third kappa shape index (κ3) is 3.66. The molecule has 2 rings (SSSR count). The van der Waals surface area contributed by atoms with Crippen LogP contribution < -0.4 is 10.2 Å². The lowest BCUT2D eigenvalue weighted by molar-refractivity contribution is 0.436. The van der Waals surface area contributed by atoms with Gasteiger partial charge >= 0.3 is 0 Å². The summed E-state index contributed by atoms with van der Waals surface area (Å²) in [6, 6.07) is 2.73. The predicted octanol–water partition coefficient (Wildman–Crippen LogP) is 2.57. The highest BCUT2D eigenvalue weighted by Crippen LogP contribution is 2.24. The van der Waals surface area contributed by atoms with Crippen LogP contribution in [0, 0.1) is 0 Å². The van der Waals surface area contributed by atoms with E-state index in [4.69, 9.17) is 0 Å². The van der Waals surface area contributed by atoms with E-state index in [1.165, 1.54) is 19.3 Å². The molecule has 1 aromatic rings. The third-order valence-corrected chi connectivity index (χ3v) is 3.82. The number of rotatable bonds is 5. The van der Waals surface area contributed by atoms with Gasteiger partial charge in [0.1, 0.15) is 12.1 Å². The van der Waals surface area contributed by atoms with Gasteiger partial charge in [-0.25, -0.2) is 9.97 Å². The summed E-state index contributed by atoms with van der Waals surface area (Å²) in [4.78, 5) is 11.3. The molecule has 0 saturated carbocycles. The smallest absolute Gasteiger partial charge is 0.132 e. The number of aromatic nitrogens is 2. The highest BCUT2D eigenvalue weighted by atomic mass is 15.2. The van der Waals surface area contributed by atoms with Gasteiger partial charge in [0.05, 0.1) is 0 Å². The van der Waals surface area contributed by atoms with E-state index in [1.54, 1.807) is 6.33 Å². The molecular formula is C15H26N4. The minimum absolute atomic E-state index is 0.457.